The quantitative estimate of drug-likeness (QED) is 0.167. The Balaban J connectivity index is 1.52. The Morgan fingerprint density at radius 1 is 0.396 bits per heavy atom. The van der Waals surface area contributed by atoms with Crippen LogP contribution in [-0.2, 0) is 0 Å². The molecule has 4 nitrogen and oxygen atoms in total. The second-order valence-electron chi connectivity index (χ2n) is 14.3. The van der Waals surface area contributed by atoms with Crippen LogP contribution in [0.15, 0.2) is 109 Å². The van der Waals surface area contributed by atoms with Gasteiger partial charge in [-0.3, -0.25) is 9.13 Å². The normalized spacial score (nSPS) is 12.1. The van der Waals surface area contributed by atoms with E-state index in [-0.39, 0.29) is 0 Å². The zero-order chi connectivity index (χ0) is 33.7. The first kappa shape index (κ1) is 31.6. The van der Waals surface area contributed by atoms with Gasteiger partial charge in [-0.25, -0.2) is 9.97 Å². The molecule has 2 aromatic heterocycles. The number of fused-ring (bicyclic) bond motifs is 2. The average molecular weight is 631 g/mol. The average Bonchev–Trinajstić information content (AvgIpc) is 3.66. The number of hydrogen-bond acceptors (Lipinski definition) is 2. The fourth-order valence-electron chi connectivity index (χ4n) is 7.23. The first-order chi connectivity index (χ1) is 23.2. The van der Waals surface area contributed by atoms with E-state index < -0.39 is 0 Å². The lowest BCUT2D eigenvalue weighted by Crippen LogP contribution is -2.09. The van der Waals surface area contributed by atoms with Crippen molar-refractivity contribution in [3.8, 4) is 34.2 Å². The molecule has 0 atom stereocenters. The van der Waals surface area contributed by atoms with Crippen molar-refractivity contribution in [3.05, 3.63) is 131 Å². The third kappa shape index (κ3) is 5.34. The molecule has 0 fully saturated rings. The SMILES string of the molecule is CC(C)c1cccc(C(C)C)c1-n1c(-c2cccc(-c3nc4ccccc4n3-c3c(C(C)C)cccc3C(C)C)c2)nc2ccccc21. The maximum Gasteiger partial charge on any atom is 0.145 e. The zero-order valence-electron chi connectivity index (χ0n) is 29.5. The highest BCUT2D eigenvalue weighted by Gasteiger charge is 2.25. The van der Waals surface area contributed by atoms with Gasteiger partial charge in [0, 0.05) is 11.1 Å². The topological polar surface area (TPSA) is 35.6 Å². The number of imidazole rings is 2. The van der Waals surface area contributed by atoms with Gasteiger partial charge >= 0.3 is 0 Å². The highest BCUT2D eigenvalue weighted by atomic mass is 15.1. The molecule has 0 unspecified atom stereocenters. The highest BCUT2D eigenvalue weighted by Crippen LogP contribution is 2.40. The maximum absolute atomic E-state index is 5.33. The van der Waals surface area contributed by atoms with Gasteiger partial charge in [-0.05, 0) is 76.3 Å². The van der Waals surface area contributed by atoms with E-state index in [4.69, 9.17) is 9.97 Å². The predicted molar refractivity (Wildman–Crippen MR) is 203 cm³/mol. The summed E-state index contributed by atoms with van der Waals surface area (Å²) in [4.78, 5) is 10.7. The van der Waals surface area contributed by atoms with Gasteiger partial charge in [0.1, 0.15) is 11.6 Å². The number of para-hydroxylation sites is 6. The van der Waals surface area contributed by atoms with Gasteiger partial charge in [0.2, 0.25) is 0 Å². The van der Waals surface area contributed by atoms with Crippen molar-refractivity contribution in [1.29, 1.82) is 0 Å². The summed E-state index contributed by atoms with van der Waals surface area (Å²) in [6.07, 6.45) is 0. The van der Waals surface area contributed by atoms with Gasteiger partial charge in [0.05, 0.1) is 33.4 Å². The van der Waals surface area contributed by atoms with E-state index in [1.165, 1.54) is 33.6 Å². The molecule has 0 bridgehead atoms. The monoisotopic (exact) mass is 630 g/mol. The highest BCUT2D eigenvalue weighted by molar-refractivity contribution is 5.87. The van der Waals surface area contributed by atoms with Crippen LogP contribution in [0.2, 0.25) is 0 Å². The summed E-state index contributed by atoms with van der Waals surface area (Å²) in [6.45, 7) is 18.3. The molecule has 0 amide bonds. The molecule has 4 heteroatoms. The molecule has 5 aromatic carbocycles. The minimum absolute atomic E-state index is 0.357. The fraction of sp³-hybridized carbons (Fsp3) is 0.273. The van der Waals surface area contributed by atoms with Gasteiger partial charge in [-0.1, -0.05) is 134 Å². The van der Waals surface area contributed by atoms with Crippen molar-refractivity contribution in [1.82, 2.24) is 19.1 Å². The first-order valence-corrected chi connectivity index (χ1v) is 17.5. The van der Waals surface area contributed by atoms with Crippen molar-refractivity contribution in [2.75, 3.05) is 0 Å². The molecule has 0 N–H and O–H groups in total. The third-order valence-corrected chi connectivity index (χ3v) is 9.63. The molecule has 7 aromatic rings. The third-order valence-electron chi connectivity index (χ3n) is 9.63. The minimum atomic E-state index is 0.357. The molecule has 242 valence electrons. The molecule has 7 rings (SSSR count). The lowest BCUT2D eigenvalue weighted by molar-refractivity contribution is 0.811. The van der Waals surface area contributed by atoms with Crippen LogP contribution in [0.25, 0.3) is 56.2 Å². The molecule has 0 aliphatic rings. The second-order valence-corrected chi connectivity index (χ2v) is 14.3. The minimum Gasteiger partial charge on any atom is -0.292 e. The van der Waals surface area contributed by atoms with Gasteiger partial charge in [0.25, 0.3) is 0 Å². The van der Waals surface area contributed by atoms with Crippen LogP contribution in [0.4, 0.5) is 0 Å². The summed E-state index contributed by atoms with van der Waals surface area (Å²) >= 11 is 0. The van der Waals surface area contributed by atoms with Gasteiger partial charge in [-0.2, -0.15) is 0 Å². The molecule has 0 saturated heterocycles. The molecular formula is C44H46N4. The van der Waals surface area contributed by atoms with E-state index in [9.17, 15) is 0 Å². The van der Waals surface area contributed by atoms with E-state index >= 15 is 0 Å². The molecule has 0 spiro atoms. The van der Waals surface area contributed by atoms with E-state index in [0.717, 1.165) is 44.8 Å². The summed E-state index contributed by atoms with van der Waals surface area (Å²) < 4.78 is 4.82. The molecule has 2 heterocycles. The Bertz CT molecular complexity index is 2050. The van der Waals surface area contributed by atoms with E-state index in [2.05, 4.69) is 174 Å². The number of benzene rings is 5. The van der Waals surface area contributed by atoms with Crippen molar-refractivity contribution in [2.24, 2.45) is 0 Å². The number of hydrogen-bond donors (Lipinski definition) is 0. The Morgan fingerprint density at radius 3 is 1.08 bits per heavy atom. The molecule has 0 radical (unpaired) electrons. The van der Waals surface area contributed by atoms with Crippen molar-refractivity contribution in [3.63, 3.8) is 0 Å². The van der Waals surface area contributed by atoms with Gasteiger partial charge in [0.15, 0.2) is 0 Å². The number of aromatic nitrogens is 4. The van der Waals surface area contributed by atoms with Crippen LogP contribution in [0.3, 0.4) is 0 Å². The number of rotatable bonds is 8. The van der Waals surface area contributed by atoms with E-state index in [1.54, 1.807) is 0 Å². The zero-order valence-corrected chi connectivity index (χ0v) is 29.5. The summed E-state index contributed by atoms with van der Waals surface area (Å²) in [5, 5.41) is 0. The van der Waals surface area contributed by atoms with E-state index in [0.29, 0.717) is 23.7 Å². The fourth-order valence-corrected chi connectivity index (χ4v) is 7.23. The smallest absolute Gasteiger partial charge is 0.145 e. The number of nitrogens with zero attached hydrogens (tertiary/aromatic N) is 4. The standard InChI is InChI=1S/C44H46N4/c1-27(2)33-18-14-19-34(28(3)4)41(33)47-39-24-11-9-22-37(39)45-43(47)31-16-13-17-32(26-31)44-46-38-23-10-12-25-40(38)48(44)42-35(29(5)6)20-15-21-36(42)30(7)8/h9-30H,1-8H3. The first-order valence-electron chi connectivity index (χ1n) is 17.5. The summed E-state index contributed by atoms with van der Waals surface area (Å²) in [5.41, 5.74) is 14.2. The van der Waals surface area contributed by atoms with Crippen molar-refractivity contribution < 1.29 is 0 Å². The molecule has 0 aliphatic heterocycles. The van der Waals surface area contributed by atoms with Gasteiger partial charge < -0.3 is 0 Å². The Kier molecular flexibility index (Phi) is 8.29. The summed E-state index contributed by atoms with van der Waals surface area (Å²) in [7, 11) is 0. The lowest BCUT2D eigenvalue weighted by atomic mass is 9.92. The van der Waals surface area contributed by atoms with Crippen LogP contribution in [0.5, 0.6) is 0 Å². The van der Waals surface area contributed by atoms with Gasteiger partial charge in [-0.15, -0.1) is 0 Å². The van der Waals surface area contributed by atoms with Crippen LogP contribution in [0, 0.1) is 0 Å². The van der Waals surface area contributed by atoms with Crippen LogP contribution in [0.1, 0.15) is 101 Å². The Hall–Kier alpha value is -4.96. The Labute approximate surface area is 285 Å². The van der Waals surface area contributed by atoms with Crippen molar-refractivity contribution >= 4 is 22.1 Å². The summed E-state index contributed by atoms with van der Waals surface area (Å²) in [5.74, 6) is 3.32. The maximum atomic E-state index is 5.33. The molecular weight excluding hydrogens is 585 g/mol. The molecule has 48 heavy (non-hydrogen) atoms. The van der Waals surface area contributed by atoms with Crippen LogP contribution < -0.4 is 0 Å². The van der Waals surface area contributed by atoms with Crippen LogP contribution >= 0.6 is 0 Å². The second kappa shape index (κ2) is 12.6. The lowest BCUT2D eigenvalue weighted by Gasteiger charge is -2.23. The largest absolute Gasteiger partial charge is 0.292 e. The van der Waals surface area contributed by atoms with E-state index in [1.807, 2.05) is 0 Å². The Morgan fingerprint density at radius 2 is 0.729 bits per heavy atom. The molecule has 0 saturated carbocycles. The predicted octanol–water partition coefficient (Wildman–Crippen LogP) is 12.2. The van der Waals surface area contributed by atoms with Crippen molar-refractivity contribution in [2.45, 2.75) is 79.1 Å². The molecule has 0 aliphatic carbocycles. The van der Waals surface area contributed by atoms with Crippen LogP contribution in [-0.4, -0.2) is 19.1 Å². The summed E-state index contributed by atoms with van der Waals surface area (Å²) in [6, 6.07) is 39.4.